The molecular weight excluding hydrogens is 370 g/mol. The first kappa shape index (κ1) is 18.5. The van der Waals surface area contributed by atoms with Gasteiger partial charge in [-0.2, -0.15) is 0 Å². The summed E-state index contributed by atoms with van der Waals surface area (Å²) in [4.78, 5) is 31.7. The number of aromatic nitrogens is 2. The van der Waals surface area contributed by atoms with E-state index in [9.17, 15) is 18.4 Å². The average molecular weight is 390 g/mol. The van der Waals surface area contributed by atoms with Crippen molar-refractivity contribution in [2.24, 2.45) is 0 Å². The van der Waals surface area contributed by atoms with Crippen LogP contribution in [0.3, 0.4) is 0 Å². The number of nitrogens with zero attached hydrogens (tertiary/aromatic N) is 3. The number of hydrogen-bond donors (Lipinski definition) is 1. The maximum absolute atomic E-state index is 13.9. The van der Waals surface area contributed by atoms with Gasteiger partial charge in [-0.1, -0.05) is 0 Å². The number of halogens is 2. The van der Waals surface area contributed by atoms with Crippen LogP contribution in [-0.4, -0.2) is 52.6 Å². The molecule has 0 spiro atoms. The Morgan fingerprint density at radius 1 is 1.11 bits per heavy atom. The molecule has 1 saturated heterocycles. The van der Waals surface area contributed by atoms with E-state index in [1.54, 1.807) is 9.47 Å². The maximum atomic E-state index is 13.9. The second-order valence-electron chi connectivity index (χ2n) is 6.82. The van der Waals surface area contributed by atoms with Gasteiger partial charge in [0.05, 0.1) is 24.6 Å². The fraction of sp³-hybridized carbons (Fsp3) is 0.421. The first-order valence-electron chi connectivity index (χ1n) is 9.27. The molecule has 0 unspecified atom stereocenters. The predicted molar refractivity (Wildman–Crippen MR) is 96.2 cm³/mol. The van der Waals surface area contributed by atoms with Gasteiger partial charge in [0.15, 0.2) is 5.82 Å². The lowest BCUT2D eigenvalue weighted by molar-refractivity contribution is 0.0298. The van der Waals surface area contributed by atoms with Crippen LogP contribution in [0.1, 0.15) is 39.6 Å². The van der Waals surface area contributed by atoms with Gasteiger partial charge in [-0.25, -0.2) is 13.8 Å². The fourth-order valence-electron chi connectivity index (χ4n) is 3.57. The van der Waals surface area contributed by atoms with Crippen molar-refractivity contribution in [2.75, 3.05) is 31.6 Å². The van der Waals surface area contributed by atoms with E-state index in [2.05, 4.69) is 10.3 Å². The minimum atomic E-state index is -0.872. The molecule has 9 heteroatoms. The van der Waals surface area contributed by atoms with Crippen LogP contribution in [0.2, 0.25) is 0 Å². The molecule has 28 heavy (non-hydrogen) atoms. The molecular formula is C19H20F2N4O3. The van der Waals surface area contributed by atoms with E-state index in [4.69, 9.17) is 4.74 Å². The number of rotatable bonds is 3. The lowest BCUT2D eigenvalue weighted by Gasteiger charge is -2.26. The highest BCUT2D eigenvalue weighted by Gasteiger charge is 2.30. The molecule has 1 fully saturated rings. The second kappa shape index (κ2) is 7.67. The van der Waals surface area contributed by atoms with Crippen LogP contribution in [0, 0.1) is 11.6 Å². The first-order chi connectivity index (χ1) is 13.5. The van der Waals surface area contributed by atoms with Crippen molar-refractivity contribution in [3.8, 4) is 0 Å². The smallest absolute Gasteiger partial charge is 0.291 e. The third-order valence-corrected chi connectivity index (χ3v) is 5.00. The molecule has 0 radical (unpaired) electrons. The second-order valence-corrected chi connectivity index (χ2v) is 6.82. The van der Waals surface area contributed by atoms with Gasteiger partial charge in [0.2, 0.25) is 0 Å². The van der Waals surface area contributed by atoms with Crippen LogP contribution in [0.4, 0.5) is 14.5 Å². The molecule has 0 aliphatic carbocycles. The van der Waals surface area contributed by atoms with Crippen molar-refractivity contribution in [3.05, 3.63) is 47.0 Å². The minimum absolute atomic E-state index is 0.0648. The summed E-state index contributed by atoms with van der Waals surface area (Å²) in [6.07, 6.45) is 2.42. The number of nitrogens with one attached hydrogen (secondary N) is 1. The highest BCUT2D eigenvalue weighted by atomic mass is 19.1. The van der Waals surface area contributed by atoms with Crippen molar-refractivity contribution >= 4 is 17.5 Å². The number of carbonyl (C=O) groups is 2. The molecule has 148 valence electrons. The number of amides is 2. The SMILES string of the molecule is O=C(Nc1ccc(F)cc1F)c1nc(C(=O)N2CCOCC2)c2n1CCCC2. The Hall–Kier alpha value is -2.81. The predicted octanol–water partition coefficient (Wildman–Crippen LogP) is 2.22. The summed E-state index contributed by atoms with van der Waals surface area (Å²) in [6, 6.07) is 2.92. The van der Waals surface area contributed by atoms with E-state index in [1.807, 2.05) is 0 Å². The number of benzene rings is 1. The van der Waals surface area contributed by atoms with Crippen LogP contribution in [-0.2, 0) is 17.7 Å². The summed E-state index contributed by atoms with van der Waals surface area (Å²) in [5.74, 6) is -2.39. The Morgan fingerprint density at radius 3 is 2.64 bits per heavy atom. The Bertz CT molecular complexity index is 922. The summed E-state index contributed by atoms with van der Waals surface area (Å²) in [6.45, 7) is 2.46. The Morgan fingerprint density at radius 2 is 1.89 bits per heavy atom. The zero-order valence-electron chi connectivity index (χ0n) is 15.2. The topological polar surface area (TPSA) is 76.5 Å². The normalized spacial score (nSPS) is 16.6. The van der Waals surface area contributed by atoms with E-state index in [0.717, 1.165) is 30.7 Å². The fourth-order valence-corrected chi connectivity index (χ4v) is 3.57. The Labute approximate surface area is 160 Å². The van der Waals surface area contributed by atoms with Gasteiger partial charge in [0, 0.05) is 25.7 Å². The van der Waals surface area contributed by atoms with Crippen molar-refractivity contribution in [1.82, 2.24) is 14.5 Å². The summed E-state index contributed by atoms with van der Waals surface area (Å²) < 4.78 is 34.0. The molecule has 0 atom stereocenters. The first-order valence-corrected chi connectivity index (χ1v) is 9.27. The number of morpholine rings is 1. The van der Waals surface area contributed by atoms with Gasteiger partial charge >= 0.3 is 0 Å². The third kappa shape index (κ3) is 3.49. The molecule has 2 aliphatic rings. The number of hydrogen-bond acceptors (Lipinski definition) is 4. The summed E-state index contributed by atoms with van der Waals surface area (Å²) in [5, 5.41) is 2.43. The summed E-state index contributed by atoms with van der Waals surface area (Å²) >= 11 is 0. The number of anilines is 1. The summed E-state index contributed by atoms with van der Waals surface area (Å²) in [7, 11) is 0. The largest absolute Gasteiger partial charge is 0.378 e. The zero-order chi connectivity index (χ0) is 19.7. The van der Waals surface area contributed by atoms with E-state index in [1.165, 1.54) is 0 Å². The number of fused-ring (bicyclic) bond motifs is 1. The van der Waals surface area contributed by atoms with Crippen molar-refractivity contribution in [1.29, 1.82) is 0 Å². The zero-order valence-corrected chi connectivity index (χ0v) is 15.2. The molecule has 2 amide bonds. The van der Waals surface area contributed by atoms with Crippen molar-refractivity contribution in [2.45, 2.75) is 25.8 Å². The molecule has 0 saturated carbocycles. The molecule has 2 aromatic rings. The molecule has 0 bridgehead atoms. The number of imidazole rings is 1. The van der Waals surface area contributed by atoms with Gasteiger partial charge < -0.3 is 19.5 Å². The van der Waals surface area contributed by atoms with E-state index < -0.39 is 17.5 Å². The quantitative estimate of drug-likeness (QED) is 0.872. The van der Waals surface area contributed by atoms with Crippen molar-refractivity contribution in [3.63, 3.8) is 0 Å². The summed E-state index contributed by atoms with van der Waals surface area (Å²) in [5.41, 5.74) is 0.861. The molecule has 1 aromatic carbocycles. The molecule has 3 heterocycles. The lowest BCUT2D eigenvalue weighted by atomic mass is 10.1. The van der Waals surface area contributed by atoms with Crippen LogP contribution >= 0.6 is 0 Å². The molecule has 2 aliphatic heterocycles. The van der Waals surface area contributed by atoms with Gasteiger partial charge in [-0.15, -0.1) is 0 Å². The van der Waals surface area contributed by atoms with Gasteiger partial charge in [0.25, 0.3) is 11.8 Å². The maximum Gasteiger partial charge on any atom is 0.291 e. The average Bonchev–Trinajstić information content (AvgIpc) is 3.10. The molecule has 1 aromatic heterocycles. The number of carbonyl (C=O) groups excluding carboxylic acids is 2. The van der Waals surface area contributed by atoms with Gasteiger partial charge in [0.1, 0.15) is 17.3 Å². The standard InChI is InChI=1S/C19H20F2N4O3/c20-12-4-5-14(13(21)11-12)22-18(26)17-23-16(15-3-1-2-6-25(15)17)19(27)24-7-9-28-10-8-24/h4-5,11H,1-3,6-10H2,(H,22,26). The van der Waals surface area contributed by atoms with E-state index in [-0.39, 0.29) is 23.1 Å². The van der Waals surface area contributed by atoms with Crippen LogP contribution in [0.15, 0.2) is 18.2 Å². The highest BCUT2D eigenvalue weighted by molar-refractivity contribution is 6.03. The minimum Gasteiger partial charge on any atom is -0.378 e. The van der Waals surface area contributed by atoms with Crippen LogP contribution in [0.25, 0.3) is 0 Å². The van der Waals surface area contributed by atoms with E-state index in [0.29, 0.717) is 45.3 Å². The Balaban J connectivity index is 1.64. The Kier molecular flexibility index (Phi) is 5.08. The monoisotopic (exact) mass is 390 g/mol. The van der Waals surface area contributed by atoms with E-state index >= 15 is 0 Å². The molecule has 1 N–H and O–H groups in total. The van der Waals surface area contributed by atoms with Crippen LogP contribution < -0.4 is 5.32 Å². The highest BCUT2D eigenvalue weighted by Crippen LogP contribution is 2.24. The third-order valence-electron chi connectivity index (χ3n) is 5.00. The van der Waals surface area contributed by atoms with Gasteiger partial charge in [-0.3, -0.25) is 9.59 Å². The number of ether oxygens (including phenoxy) is 1. The lowest BCUT2D eigenvalue weighted by Crippen LogP contribution is -2.41. The van der Waals surface area contributed by atoms with Crippen LogP contribution in [0.5, 0.6) is 0 Å². The molecule has 4 rings (SSSR count). The molecule has 7 nitrogen and oxygen atoms in total. The van der Waals surface area contributed by atoms with Gasteiger partial charge in [-0.05, 0) is 31.4 Å². The van der Waals surface area contributed by atoms with Crippen molar-refractivity contribution < 1.29 is 23.1 Å².